The monoisotopic (exact) mass is 142 g/mol. The smallest absolute Gasteiger partial charge is 0.326 e. The lowest BCUT2D eigenvalue weighted by Gasteiger charge is -1.91. The molecule has 50 valence electrons. The molecule has 0 spiro atoms. The number of hydrogen-bond donors (Lipinski definition) is 0. The molecule has 0 amide bonds. The van der Waals surface area contributed by atoms with Crippen molar-refractivity contribution in [2.24, 2.45) is 0 Å². The summed E-state index contributed by atoms with van der Waals surface area (Å²) in [5.41, 5.74) is 0. The average molecular weight is 142 g/mol. The SMILES string of the molecule is CCOCS(=O)(=O)F. The quantitative estimate of drug-likeness (QED) is 0.531. The summed E-state index contributed by atoms with van der Waals surface area (Å²) in [5, 5.41) is 0. The highest BCUT2D eigenvalue weighted by molar-refractivity contribution is 7.86. The summed E-state index contributed by atoms with van der Waals surface area (Å²) in [5.74, 6) is -0.830. The molecule has 0 aliphatic carbocycles. The van der Waals surface area contributed by atoms with Gasteiger partial charge in [0.15, 0.2) is 5.94 Å². The minimum Gasteiger partial charge on any atom is -0.363 e. The van der Waals surface area contributed by atoms with Crippen molar-refractivity contribution in [2.75, 3.05) is 12.5 Å². The molecule has 0 fully saturated rings. The molecule has 3 nitrogen and oxygen atoms in total. The Hall–Kier alpha value is -0.160. The Labute approximate surface area is 47.7 Å². The van der Waals surface area contributed by atoms with Crippen LogP contribution >= 0.6 is 0 Å². The van der Waals surface area contributed by atoms with E-state index < -0.39 is 16.2 Å². The molecule has 0 aromatic rings. The van der Waals surface area contributed by atoms with Crippen LogP contribution in [0.3, 0.4) is 0 Å². The van der Waals surface area contributed by atoms with Crippen molar-refractivity contribution < 1.29 is 17.0 Å². The summed E-state index contributed by atoms with van der Waals surface area (Å²) in [6.45, 7) is 1.80. The van der Waals surface area contributed by atoms with Gasteiger partial charge in [0.25, 0.3) is 0 Å². The molecule has 0 unspecified atom stereocenters. The van der Waals surface area contributed by atoms with Crippen molar-refractivity contribution in [1.82, 2.24) is 0 Å². The van der Waals surface area contributed by atoms with Gasteiger partial charge in [-0.3, -0.25) is 0 Å². The van der Waals surface area contributed by atoms with Crippen molar-refractivity contribution in [3.63, 3.8) is 0 Å². The molecule has 0 bridgehead atoms. The Morgan fingerprint density at radius 3 is 2.25 bits per heavy atom. The van der Waals surface area contributed by atoms with Gasteiger partial charge in [-0.05, 0) is 6.92 Å². The van der Waals surface area contributed by atoms with Crippen LogP contribution in [0.25, 0.3) is 0 Å². The minimum atomic E-state index is -4.41. The molecule has 0 aromatic carbocycles. The Kier molecular flexibility index (Phi) is 2.93. The van der Waals surface area contributed by atoms with Crippen molar-refractivity contribution in [1.29, 1.82) is 0 Å². The van der Waals surface area contributed by atoms with Gasteiger partial charge in [-0.25, -0.2) is 0 Å². The molecular weight excluding hydrogens is 135 g/mol. The van der Waals surface area contributed by atoms with E-state index >= 15 is 0 Å². The maximum atomic E-state index is 11.4. The third kappa shape index (κ3) is 5.84. The third-order valence-electron chi connectivity index (χ3n) is 0.428. The molecule has 5 heteroatoms. The second-order valence-corrected chi connectivity index (χ2v) is 2.46. The normalized spacial score (nSPS) is 11.8. The van der Waals surface area contributed by atoms with Gasteiger partial charge in [0, 0.05) is 6.61 Å². The van der Waals surface area contributed by atoms with Crippen LogP contribution in [0.1, 0.15) is 6.92 Å². The standard InChI is InChI=1S/C3H7FO3S/c1-2-7-3-8(4,5)6/h2-3H2,1H3. The molecule has 0 heterocycles. The van der Waals surface area contributed by atoms with Crippen LogP contribution in [-0.2, 0) is 15.0 Å². The summed E-state index contributed by atoms with van der Waals surface area (Å²) in [4.78, 5) is 0. The van der Waals surface area contributed by atoms with Crippen molar-refractivity contribution >= 4 is 10.2 Å². The fourth-order valence-corrected chi connectivity index (χ4v) is 0.549. The molecule has 0 aliphatic heterocycles. The molecule has 0 N–H and O–H groups in total. The molecule has 8 heavy (non-hydrogen) atoms. The maximum Gasteiger partial charge on any atom is 0.326 e. The van der Waals surface area contributed by atoms with Crippen molar-refractivity contribution in [3.05, 3.63) is 0 Å². The van der Waals surface area contributed by atoms with Crippen LogP contribution in [0, 0.1) is 0 Å². The zero-order valence-corrected chi connectivity index (χ0v) is 5.24. The zero-order valence-electron chi connectivity index (χ0n) is 4.43. The molecule has 0 atom stereocenters. The van der Waals surface area contributed by atoms with E-state index in [0.29, 0.717) is 0 Å². The average Bonchev–Trinajstić information content (AvgIpc) is 1.59. The molecule has 0 radical (unpaired) electrons. The number of ether oxygens (including phenoxy) is 1. The van der Waals surface area contributed by atoms with Gasteiger partial charge in [-0.15, -0.1) is 3.89 Å². The molecular formula is C3H7FO3S. The van der Waals surface area contributed by atoms with Crippen LogP contribution in [0.2, 0.25) is 0 Å². The first-order valence-corrected chi connectivity index (χ1v) is 3.61. The topological polar surface area (TPSA) is 43.4 Å². The predicted octanol–water partition coefficient (Wildman–Crippen LogP) is 0.280. The van der Waals surface area contributed by atoms with Crippen LogP contribution in [0.5, 0.6) is 0 Å². The largest absolute Gasteiger partial charge is 0.363 e. The fraction of sp³-hybridized carbons (Fsp3) is 1.00. The van der Waals surface area contributed by atoms with Crippen LogP contribution < -0.4 is 0 Å². The summed E-state index contributed by atoms with van der Waals surface area (Å²) >= 11 is 0. The predicted molar refractivity (Wildman–Crippen MR) is 26.5 cm³/mol. The maximum absolute atomic E-state index is 11.4. The number of rotatable bonds is 3. The van der Waals surface area contributed by atoms with E-state index in [-0.39, 0.29) is 6.61 Å². The Bertz CT molecular complexity index is 139. The fourth-order valence-electron chi connectivity index (χ4n) is 0.183. The van der Waals surface area contributed by atoms with Gasteiger partial charge < -0.3 is 4.74 Å². The summed E-state index contributed by atoms with van der Waals surface area (Å²) in [7, 11) is -4.41. The van der Waals surface area contributed by atoms with Crippen LogP contribution in [-0.4, -0.2) is 21.0 Å². The summed E-state index contributed by atoms with van der Waals surface area (Å²) < 4.78 is 34.9. The molecule has 0 aliphatic rings. The molecule has 0 rings (SSSR count). The molecule has 0 aromatic heterocycles. The summed E-state index contributed by atoms with van der Waals surface area (Å²) in [6.07, 6.45) is 0. The Morgan fingerprint density at radius 2 is 2.12 bits per heavy atom. The van der Waals surface area contributed by atoms with E-state index in [2.05, 4.69) is 4.74 Å². The zero-order chi connectivity index (χ0) is 6.62. The first-order valence-electron chi connectivity index (χ1n) is 2.06. The van der Waals surface area contributed by atoms with Crippen molar-refractivity contribution in [2.45, 2.75) is 6.92 Å². The lowest BCUT2D eigenvalue weighted by Crippen LogP contribution is -2.02. The second-order valence-electron chi connectivity index (χ2n) is 1.15. The Morgan fingerprint density at radius 1 is 1.62 bits per heavy atom. The highest BCUT2D eigenvalue weighted by Crippen LogP contribution is 1.89. The number of halogens is 1. The van der Waals surface area contributed by atoms with E-state index in [1.807, 2.05) is 0 Å². The van der Waals surface area contributed by atoms with Gasteiger partial charge in [-0.1, -0.05) is 0 Å². The lowest BCUT2D eigenvalue weighted by atomic mass is 10.9. The molecule has 0 saturated carbocycles. The summed E-state index contributed by atoms with van der Waals surface area (Å²) in [6, 6.07) is 0. The van der Waals surface area contributed by atoms with Crippen LogP contribution in [0.4, 0.5) is 3.89 Å². The third-order valence-corrected chi connectivity index (χ3v) is 0.876. The van der Waals surface area contributed by atoms with Gasteiger partial charge in [0.05, 0.1) is 0 Å². The Balaban J connectivity index is 3.42. The van der Waals surface area contributed by atoms with Crippen LogP contribution in [0.15, 0.2) is 0 Å². The van der Waals surface area contributed by atoms with E-state index in [0.717, 1.165) is 0 Å². The number of hydrogen-bond acceptors (Lipinski definition) is 3. The van der Waals surface area contributed by atoms with E-state index in [1.54, 1.807) is 6.92 Å². The second kappa shape index (κ2) is 2.99. The van der Waals surface area contributed by atoms with Crippen molar-refractivity contribution in [3.8, 4) is 0 Å². The van der Waals surface area contributed by atoms with Gasteiger partial charge in [0.2, 0.25) is 0 Å². The van der Waals surface area contributed by atoms with E-state index in [1.165, 1.54) is 0 Å². The lowest BCUT2D eigenvalue weighted by molar-refractivity contribution is 0.189. The van der Waals surface area contributed by atoms with Gasteiger partial charge in [0.1, 0.15) is 0 Å². The van der Waals surface area contributed by atoms with E-state index in [4.69, 9.17) is 0 Å². The minimum absolute atomic E-state index is 0.211. The van der Waals surface area contributed by atoms with Gasteiger partial charge in [-0.2, -0.15) is 8.42 Å². The van der Waals surface area contributed by atoms with E-state index in [9.17, 15) is 12.3 Å². The first-order chi connectivity index (χ1) is 3.56. The highest BCUT2D eigenvalue weighted by Gasteiger charge is 2.03. The van der Waals surface area contributed by atoms with Gasteiger partial charge >= 0.3 is 10.2 Å². The molecule has 0 saturated heterocycles. The highest BCUT2D eigenvalue weighted by atomic mass is 32.3. The first kappa shape index (κ1) is 7.84.